The van der Waals surface area contributed by atoms with Crippen LogP contribution in [0.4, 0.5) is 23.1 Å². The van der Waals surface area contributed by atoms with Gasteiger partial charge in [-0.25, -0.2) is 0 Å². The Balaban J connectivity index is 1.41. The highest BCUT2D eigenvalue weighted by Crippen LogP contribution is 2.34. The monoisotopic (exact) mass is 347 g/mol. The number of ether oxygens (including phenoxy) is 2. The smallest absolute Gasteiger partial charge is 0.251 e. The summed E-state index contributed by atoms with van der Waals surface area (Å²) in [6, 6.07) is 14.0. The Kier molecular flexibility index (Phi) is 3.55. The minimum absolute atomic E-state index is 0.560. The van der Waals surface area contributed by atoms with Crippen LogP contribution in [0.3, 0.4) is 0 Å². The van der Waals surface area contributed by atoms with Crippen molar-refractivity contribution < 1.29 is 9.47 Å². The molecular weight excluding hydrogens is 330 g/mol. The third-order valence-corrected chi connectivity index (χ3v) is 4.49. The van der Waals surface area contributed by atoms with E-state index >= 15 is 0 Å². The Morgan fingerprint density at radius 1 is 1.00 bits per heavy atom. The van der Waals surface area contributed by atoms with Gasteiger partial charge in [0.25, 0.3) is 5.95 Å². The second-order valence-electron chi connectivity index (χ2n) is 6.16. The molecule has 2 aliphatic heterocycles. The van der Waals surface area contributed by atoms with E-state index < -0.39 is 0 Å². The Labute approximate surface area is 150 Å². The first-order valence-electron chi connectivity index (χ1n) is 8.59. The third-order valence-electron chi connectivity index (χ3n) is 4.49. The normalized spacial score (nSPS) is 14.8. The molecule has 0 bridgehead atoms. The van der Waals surface area contributed by atoms with E-state index in [0.717, 1.165) is 35.8 Å². The van der Waals surface area contributed by atoms with E-state index in [2.05, 4.69) is 43.6 Å². The number of aromatic nitrogens is 3. The molecule has 2 aromatic carbocycles. The molecular formula is C19H17N5O2. The summed E-state index contributed by atoms with van der Waals surface area (Å²) >= 11 is 0. The van der Waals surface area contributed by atoms with Gasteiger partial charge >= 0.3 is 0 Å². The molecule has 0 aliphatic carbocycles. The molecule has 2 aliphatic rings. The molecule has 0 atom stereocenters. The van der Waals surface area contributed by atoms with Crippen molar-refractivity contribution in [2.45, 2.75) is 6.42 Å². The molecule has 7 heteroatoms. The van der Waals surface area contributed by atoms with Crippen LogP contribution < -0.4 is 19.7 Å². The van der Waals surface area contributed by atoms with Crippen molar-refractivity contribution in [3.63, 3.8) is 0 Å². The molecule has 0 spiro atoms. The quantitative estimate of drug-likeness (QED) is 0.780. The van der Waals surface area contributed by atoms with Gasteiger partial charge in [0.1, 0.15) is 13.2 Å². The molecule has 1 aromatic heterocycles. The lowest BCUT2D eigenvalue weighted by atomic mass is 10.2. The summed E-state index contributed by atoms with van der Waals surface area (Å²) in [5, 5.41) is 11.6. The fourth-order valence-electron chi connectivity index (χ4n) is 3.28. The van der Waals surface area contributed by atoms with Gasteiger partial charge in [-0.05, 0) is 30.2 Å². The van der Waals surface area contributed by atoms with E-state index in [0.29, 0.717) is 25.0 Å². The average Bonchev–Trinajstić information content (AvgIpc) is 3.12. The van der Waals surface area contributed by atoms with Crippen LogP contribution >= 0.6 is 0 Å². The maximum absolute atomic E-state index is 5.62. The summed E-state index contributed by atoms with van der Waals surface area (Å²) < 4.78 is 11.2. The van der Waals surface area contributed by atoms with Crippen LogP contribution in [-0.4, -0.2) is 34.9 Å². The lowest BCUT2D eigenvalue weighted by Gasteiger charge is -2.19. The number of benzene rings is 2. The van der Waals surface area contributed by atoms with E-state index in [1.807, 2.05) is 24.3 Å². The van der Waals surface area contributed by atoms with Crippen LogP contribution in [0.2, 0.25) is 0 Å². The topological polar surface area (TPSA) is 72.4 Å². The molecule has 0 saturated carbocycles. The minimum atomic E-state index is 0.560. The Bertz CT molecular complexity index is 962. The molecule has 0 saturated heterocycles. The predicted molar refractivity (Wildman–Crippen MR) is 97.7 cm³/mol. The van der Waals surface area contributed by atoms with Crippen LogP contribution in [-0.2, 0) is 6.42 Å². The summed E-state index contributed by atoms with van der Waals surface area (Å²) in [5.74, 6) is 2.72. The Morgan fingerprint density at radius 3 is 2.85 bits per heavy atom. The minimum Gasteiger partial charge on any atom is -0.486 e. The summed E-state index contributed by atoms with van der Waals surface area (Å²) in [6.07, 6.45) is 2.60. The molecule has 0 radical (unpaired) electrons. The Morgan fingerprint density at radius 2 is 1.88 bits per heavy atom. The van der Waals surface area contributed by atoms with Gasteiger partial charge in [0, 0.05) is 24.0 Å². The highest BCUT2D eigenvalue weighted by atomic mass is 16.6. The Hall–Kier alpha value is -3.35. The second kappa shape index (κ2) is 6.18. The van der Waals surface area contributed by atoms with Gasteiger partial charge in [-0.2, -0.15) is 10.1 Å². The van der Waals surface area contributed by atoms with E-state index in [4.69, 9.17) is 9.47 Å². The average molecular weight is 347 g/mol. The molecule has 3 heterocycles. The van der Waals surface area contributed by atoms with Gasteiger partial charge in [-0.15, -0.1) is 5.10 Å². The molecule has 3 aromatic rings. The first-order chi connectivity index (χ1) is 12.9. The number of anilines is 4. The van der Waals surface area contributed by atoms with Crippen molar-refractivity contribution in [3.05, 3.63) is 54.2 Å². The lowest BCUT2D eigenvalue weighted by molar-refractivity contribution is 0.171. The molecule has 0 amide bonds. The zero-order valence-electron chi connectivity index (χ0n) is 14.1. The van der Waals surface area contributed by atoms with Gasteiger partial charge in [0.05, 0.1) is 6.20 Å². The van der Waals surface area contributed by atoms with Crippen LogP contribution in [0.1, 0.15) is 5.56 Å². The van der Waals surface area contributed by atoms with E-state index in [9.17, 15) is 0 Å². The molecule has 130 valence electrons. The first kappa shape index (κ1) is 14.9. The number of rotatable bonds is 3. The number of hydrogen-bond acceptors (Lipinski definition) is 7. The van der Waals surface area contributed by atoms with Gasteiger partial charge < -0.3 is 19.7 Å². The largest absolute Gasteiger partial charge is 0.486 e. The summed E-state index contributed by atoms with van der Waals surface area (Å²) in [6.45, 7) is 1.99. The summed E-state index contributed by atoms with van der Waals surface area (Å²) in [5.41, 5.74) is 3.31. The lowest BCUT2D eigenvalue weighted by Crippen LogP contribution is -2.17. The number of nitrogens with one attached hydrogen (secondary N) is 1. The number of para-hydroxylation sites is 1. The van der Waals surface area contributed by atoms with Gasteiger partial charge in [-0.1, -0.05) is 18.2 Å². The number of hydrogen-bond donors (Lipinski definition) is 1. The molecule has 7 nitrogen and oxygen atoms in total. The maximum Gasteiger partial charge on any atom is 0.251 e. The van der Waals surface area contributed by atoms with Crippen LogP contribution in [0.15, 0.2) is 48.7 Å². The van der Waals surface area contributed by atoms with Gasteiger partial charge in [0.15, 0.2) is 17.3 Å². The highest BCUT2D eigenvalue weighted by Gasteiger charge is 2.22. The fraction of sp³-hybridized carbons (Fsp3) is 0.211. The van der Waals surface area contributed by atoms with Crippen LogP contribution in [0, 0.1) is 0 Å². The third kappa shape index (κ3) is 2.67. The fourth-order valence-corrected chi connectivity index (χ4v) is 3.28. The number of nitrogens with zero attached hydrogens (tertiary/aromatic N) is 4. The second-order valence-corrected chi connectivity index (χ2v) is 6.16. The van der Waals surface area contributed by atoms with Crippen molar-refractivity contribution in [3.8, 4) is 11.5 Å². The van der Waals surface area contributed by atoms with Crippen molar-refractivity contribution >= 4 is 23.1 Å². The summed E-state index contributed by atoms with van der Waals surface area (Å²) in [4.78, 5) is 6.72. The SMILES string of the molecule is c1ccc2c(c1)CCN2c1nncc(Nc2ccc3c(c2)OCCO3)n1. The zero-order chi connectivity index (χ0) is 17.3. The molecule has 1 N–H and O–H groups in total. The molecule has 26 heavy (non-hydrogen) atoms. The van der Waals surface area contributed by atoms with E-state index in [-0.39, 0.29) is 0 Å². The van der Waals surface area contributed by atoms with Crippen molar-refractivity contribution in [1.29, 1.82) is 0 Å². The van der Waals surface area contributed by atoms with Crippen LogP contribution in [0.5, 0.6) is 11.5 Å². The van der Waals surface area contributed by atoms with Crippen LogP contribution in [0.25, 0.3) is 0 Å². The van der Waals surface area contributed by atoms with E-state index in [1.54, 1.807) is 6.20 Å². The number of fused-ring (bicyclic) bond motifs is 2. The zero-order valence-corrected chi connectivity index (χ0v) is 14.1. The summed E-state index contributed by atoms with van der Waals surface area (Å²) in [7, 11) is 0. The first-order valence-corrected chi connectivity index (χ1v) is 8.59. The maximum atomic E-state index is 5.62. The molecule has 0 fully saturated rings. The van der Waals surface area contributed by atoms with Crippen molar-refractivity contribution in [1.82, 2.24) is 15.2 Å². The van der Waals surface area contributed by atoms with E-state index in [1.165, 1.54) is 5.56 Å². The van der Waals surface area contributed by atoms with Crippen molar-refractivity contribution in [2.75, 3.05) is 30.0 Å². The van der Waals surface area contributed by atoms with Gasteiger partial charge in [-0.3, -0.25) is 0 Å². The standard InChI is InChI=1S/C19H17N5O2/c1-2-4-15-13(3-1)7-8-24(15)19-22-18(12-20-23-19)21-14-5-6-16-17(11-14)26-10-9-25-16/h1-6,11-12H,7-10H2,(H,21,22,23). The molecule has 5 rings (SSSR count). The highest BCUT2D eigenvalue weighted by molar-refractivity contribution is 5.67. The van der Waals surface area contributed by atoms with Crippen molar-refractivity contribution in [2.24, 2.45) is 0 Å². The van der Waals surface area contributed by atoms with Gasteiger partial charge in [0.2, 0.25) is 0 Å². The predicted octanol–water partition coefficient (Wildman–Crippen LogP) is 3.08. The molecule has 0 unspecified atom stereocenters.